The molecule has 0 aromatic heterocycles. The zero-order valence-electron chi connectivity index (χ0n) is 9.18. The normalized spacial score (nSPS) is 10.4. The van der Waals surface area contributed by atoms with Crippen molar-refractivity contribution in [1.29, 1.82) is 0 Å². The molecule has 2 rings (SSSR count). The number of benzene rings is 2. The first kappa shape index (κ1) is 13.8. The molecule has 5 heteroatoms. The van der Waals surface area contributed by atoms with E-state index in [2.05, 4.69) is 5.32 Å². The molecule has 0 aliphatic heterocycles. The number of rotatable bonds is 3. The third kappa shape index (κ3) is 3.46. The van der Waals surface area contributed by atoms with Gasteiger partial charge in [0.2, 0.25) is 0 Å². The van der Waals surface area contributed by atoms with Crippen LogP contribution in [0.15, 0.2) is 36.4 Å². The Balaban J connectivity index is 2.16. The van der Waals surface area contributed by atoms with Gasteiger partial charge in [-0.15, -0.1) is 0 Å². The summed E-state index contributed by atoms with van der Waals surface area (Å²) >= 11 is 23.9. The lowest BCUT2D eigenvalue weighted by atomic mass is 10.2. The SMILES string of the molecule is Clc1cccc(CNc2c(Cl)cc(Cl)cc2Cl)c1. The lowest BCUT2D eigenvalue weighted by Gasteiger charge is -2.11. The van der Waals surface area contributed by atoms with Crippen LogP contribution in [0.4, 0.5) is 5.69 Å². The average Bonchev–Trinajstić information content (AvgIpc) is 2.27. The van der Waals surface area contributed by atoms with Gasteiger partial charge in [0.05, 0.1) is 15.7 Å². The molecular weight excluding hydrogens is 312 g/mol. The molecule has 0 radical (unpaired) electrons. The molecule has 1 N–H and O–H groups in total. The van der Waals surface area contributed by atoms with Gasteiger partial charge in [-0.3, -0.25) is 0 Å². The fourth-order valence-corrected chi connectivity index (χ4v) is 2.71. The second-order valence-electron chi connectivity index (χ2n) is 3.73. The van der Waals surface area contributed by atoms with E-state index in [0.717, 1.165) is 5.56 Å². The first-order valence-corrected chi connectivity index (χ1v) is 6.70. The van der Waals surface area contributed by atoms with Crippen LogP contribution in [-0.2, 0) is 6.54 Å². The Morgan fingerprint density at radius 1 is 0.833 bits per heavy atom. The van der Waals surface area contributed by atoms with Gasteiger partial charge in [0.15, 0.2) is 0 Å². The number of nitrogens with one attached hydrogen (secondary N) is 1. The predicted octanol–water partition coefficient (Wildman–Crippen LogP) is 5.91. The quantitative estimate of drug-likeness (QED) is 0.741. The molecule has 0 amide bonds. The van der Waals surface area contributed by atoms with Gasteiger partial charge in [0.25, 0.3) is 0 Å². The molecule has 2 aromatic carbocycles. The molecule has 0 bridgehead atoms. The number of anilines is 1. The second kappa shape index (κ2) is 6.03. The van der Waals surface area contributed by atoms with Gasteiger partial charge in [0, 0.05) is 16.6 Å². The smallest absolute Gasteiger partial charge is 0.0722 e. The van der Waals surface area contributed by atoms with E-state index in [-0.39, 0.29) is 0 Å². The molecule has 0 fully saturated rings. The molecule has 94 valence electrons. The van der Waals surface area contributed by atoms with E-state index >= 15 is 0 Å². The van der Waals surface area contributed by atoms with Gasteiger partial charge in [-0.2, -0.15) is 0 Å². The summed E-state index contributed by atoms with van der Waals surface area (Å²) in [5.74, 6) is 0. The van der Waals surface area contributed by atoms with Crippen molar-refractivity contribution in [1.82, 2.24) is 0 Å². The van der Waals surface area contributed by atoms with Crippen LogP contribution >= 0.6 is 46.4 Å². The average molecular weight is 321 g/mol. The highest BCUT2D eigenvalue weighted by molar-refractivity contribution is 6.41. The van der Waals surface area contributed by atoms with Crippen molar-refractivity contribution in [2.45, 2.75) is 6.54 Å². The van der Waals surface area contributed by atoms with Crippen molar-refractivity contribution in [2.24, 2.45) is 0 Å². The van der Waals surface area contributed by atoms with Crippen LogP contribution in [0.2, 0.25) is 20.1 Å². The highest BCUT2D eigenvalue weighted by atomic mass is 35.5. The molecule has 0 spiro atoms. The van der Waals surface area contributed by atoms with Crippen LogP contribution in [0.3, 0.4) is 0 Å². The molecule has 0 saturated heterocycles. The molecule has 1 nitrogen and oxygen atoms in total. The summed E-state index contributed by atoms with van der Waals surface area (Å²) in [7, 11) is 0. The Hall–Kier alpha value is -0.600. The molecule has 2 aromatic rings. The summed E-state index contributed by atoms with van der Waals surface area (Å²) < 4.78 is 0. The zero-order valence-corrected chi connectivity index (χ0v) is 12.2. The largest absolute Gasteiger partial charge is 0.379 e. The first-order valence-electron chi connectivity index (χ1n) is 5.19. The van der Waals surface area contributed by atoms with Gasteiger partial charge in [0.1, 0.15) is 0 Å². The van der Waals surface area contributed by atoms with Crippen LogP contribution in [-0.4, -0.2) is 0 Å². The Bertz CT molecular complexity index is 546. The van der Waals surface area contributed by atoms with E-state index in [1.54, 1.807) is 12.1 Å². The highest BCUT2D eigenvalue weighted by Gasteiger charge is 2.07. The topological polar surface area (TPSA) is 12.0 Å². The Morgan fingerprint density at radius 3 is 2.11 bits per heavy atom. The number of hydrogen-bond donors (Lipinski definition) is 1. The third-order valence-electron chi connectivity index (χ3n) is 2.37. The van der Waals surface area contributed by atoms with E-state index < -0.39 is 0 Å². The highest BCUT2D eigenvalue weighted by Crippen LogP contribution is 2.33. The second-order valence-corrected chi connectivity index (χ2v) is 5.42. The van der Waals surface area contributed by atoms with Gasteiger partial charge < -0.3 is 5.32 Å². The van der Waals surface area contributed by atoms with Crippen LogP contribution in [0.5, 0.6) is 0 Å². The summed E-state index contributed by atoms with van der Waals surface area (Å²) in [4.78, 5) is 0. The summed E-state index contributed by atoms with van der Waals surface area (Å²) in [5, 5.41) is 5.37. The maximum atomic E-state index is 6.07. The van der Waals surface area contributed by atoms with Gasteiger partial charge in [-0.1, -0.05) is 58.5 Å². The van der Waals surface area contributed by atoms with Crippen LogP contribution in [0.1, 0.15) is 5.56 Å². The standard InChI is InChI=1S/C13H9Cl4N/c14-9-3-1-2-8(4-9)7-18-13-11(16)5-10(15)6-12(13)17/h1-6,18H,7H2. The first-order chi connectivity index (χ1) is 8.56. The van der Waals surface area contributed by atoms with Crippen molar-refractivity contribution in [3.05, 3.63) is 62.1 Å². The van der Waals surface area contributed by atoms with Crippen LogP contribution < -0.4 is 5.32 Å². The monoisotopic (exact) mass is 319 g/mol. The van der Waals surface area contributed by atoms with E-state index in [1.165, 1.54) is 0 Å². The molecule has 0 saturated carbocycles. The van der Waals surface area contributed by atoms with Gasteiger partial charge in [-0.25, -0.2) is 0 Å². The van der Waals surface area contributed by atoms with E-state index in [9.17, 15) is 0 Å². The van der Waals surface area contributed by atoms with Gasteiger partial charge >= 0.3 is 0 Å². The van der Waals surface area contributed by atoms with E-state index in [4.69, 9.17) is 46.4 Å². The Morgan fingerprint density at radius 2 is 1.50 bits per heavy atom. The van der Waals surface area contributed by atoms with E-state index in [0.29, 0.717) is 32.3 Å². The van der Waals surface area contributed by atoms with Crippen molar-refractivity contribution in [3.8, 4) is 0 Å². The molecule has 0 unspecified atom stereocenters. The zero-order chi connectivity index (χ0) is 13.1. The van der Waals surface area contributed by atoms with Crippen LogP contribution in [0, 0.1) is 0 Å². The van der Waals surface area contributed by atoms with Crippen LogP contribution in [0.25, 0.3) is 0 Å². The molecule has 0 aliphatic carbocycles. The van der Waals surface area contributed by atoms with Crippen molar-refractivity contribution >= 4 is 52.1 Å². The minimum Gasteiger partial charge on any atom is -0.379 e. The maximum absolute atomic E-state index is 6.07. The number of halogens is 4. The van der Waals surface area contributed by atoms with Crippen molar-refractivity contribution < 1.29 is 0 Å². The maximum Gasteiger partial charge on any atom is 0.0722 e. The lowest BCUT2D eigenvalue weighted by molar-refractivity contribution is 1.15. The summed E-state index contributed by atoms with van der Waals surface area (Å²) in [6.07, 6.45) is 0. The fourth-order valence-electron chi connectivity index (χ4n) is 1.55. The minimum absolute atomic E-state index is 0.495. The molecule has 0 aliphatic rings. The summed E-state index contributed by atoms with van der Waals surface area (Å²) in [5.41, 5.74) is 1.72. The lowest BCUT2D eigenvalue weighted by Crippen LogP contribution is -2.00. The predicted molar refractivity (Wildman–Crippen MR) is 80.3 cm³/mol. The summed E-state index contributed by atoms with van der Waals surface area (Å²) in [6, 6.07) is 10.9. The van der Waals surface area contributed by atoms with Gasteiger partial charge in [-0.05, 0) is 29.8 Å². The van der Waals surface area contributed by atoms with Crippen molar-refractivity contribution in [3.63, 3.8) is 0 Å². The third-order valence-corrected chi connectivity index (χ3v) is 3.41. The molecule has 0 atom stereocenters. The molecule has 0 heterocycles. The Kier molecular flexibility index (Phi) is 4.63. The minimum atomic E-state index is 0.495. The Labute approximate surface area is 126 Å². The molecule has 18 heavy (non-hydrogen) atoms. The summed E-state index contributed by atoms with van der Waals surface area (Å²) in [6.45, 7) is 0.585. The molecular formula is C13H9Cl4N. The number of hydrogen-bond acceptors (Lipinski definition) is 1. The van der Waals surface area contributed by atoms with E-state index in [1.807, 2.05) is 24.3 Å². The fraction of sp³-hybridized carbons (Fsp3) is 0.0769. The van der Waals surface area contributed by atoms with Crippen molar-refractivity contribution in [2.75, 3.05) is 5.32 Å².